The maximum atomic E-state index is 12.7. The van der Waals surface area contributed by atoms with Gasteiger partial charge in [-0.1, -0.05) is 41.6 Å². The van der Waals surface area contributed by atoms with E-state index in [1.807, 2.05) is 86.0 Å². The number of amides is 1. The molecule has 0 radical (unpaired) electrons. The number of carbonyl (C=O) groups is 1. The highest BCUT2D eigenvalue weighted by atomic mass is 35.5. The Labute approximate surface area is 208 Å². The van der Waals surface area contributed by atoms with Gasteiger partial charge in [0.15, 0.2) is 11.0 Å². The molecule has 0 aliphatic carbocycles. The summed E-state index contributed by atoms with van der Waals surface area (Å²) in [6.07, 6.45) is 0. The van der Waals surface area contributed by atoms with Gasteiger partial charge in [0.05, 0.1) is 12.4 Å². The summed E-state index contributed by atoms with van der Waals surface area (Å²) in [6.45, 7) is 6.56. The lowest BCUT2D eigenvalue weighted by Gasteiger charge is -2.12. The van der Waals surface area contributed by atoms with Gasteiger partial charge >= 0.3 is 0 Å². The molecule has 1 heterocycles. The third kappa shape index (κ3) is 5.79. The molecule has 4 rings (SSSR count). The number of aryl methyl sites for hydroxylation is 2. The molecule has 174 valence electrons. The molecule has 0 bridgehead atoms. The normalized spacial score (nSPS) is 10.8. The predicted molar refractivity (Wildman–Crippen MR) is 138 cm³/mol. The smallest absolute Gasteiger partial charge is 0.234 e. The molecule has 0 spiro atoms. The number of hydrogen-bond acceptors (Lipinski definition) is 5. The van der Waals surface area contributed by atoms with Crippen molar-refractivity contribution in [1.29, 1.82) is 0 Å². The Hall–Kier alpha value is -3.29. The predicted octanol–water partition coefficient (Wildman–Crippen LogP) is 6.33. The van der Waals surface area contributed by atoms with E-state index in [0.29, 0.717) is 22.6 Å². The maximum Gasteiger partial charge on any atom is 0.234 e. The van der Waals surface area contributed by atoms with Crippen LogP contribution in [0.4, 0.5) is 5.69 Å². The fraction of sp³-hybridized carbons (Fsp3) is 0.192. The van der Waals surface area contributed by atoms with Crippen LogP contribution in [0.15, 0.2) is 71.9 Å². The van der Waals surface area contributed by atoms with Gasteiger partial charge in [0.25, 0.3) is 0 Å². The number of anilines is 1. The first-order valence-corrected chi connectivity index (χ1v) is 12.2. The van der Waals surface area contributed by atoms with Gasteiger partial charge in [-0.25, -0.2) is 0 Å². The molecule has 0 unspecified atom stereocenters. The fourth-order valence-electron chi connectivity index (χ4n) is 3.64. The highest BCUT2D eigenvalue weighted by Gasteiger charge is 2.18. The number of nitrogens with zero attached hydrogens (tertiary/aromatic N) is 3. The Bertz CT molecular complexity index is 1280. The average molecular weight is 493 g/mol. The molecule has 0 saturated heterocycles. The van der Waals surface area contributed by atoms with Gasteiger partial charge in [-0.3, -0.25) is 9.36 Å². The monoisotopic (exact) mass is 492 g/mol. The average Bonchev–Trinajstić information content (AvgIpc) is 3.22. The highest BCUT2D eigenvalue weighted by molar-refractivity contribution is 7.99. The van der Waals surface area contributed by atoms with Crippen molar-refractivity contribution in [2.75, 3.05) is 17.7 Å². The lowest BCUT2D eigenvalue weighted by molar-refractivity contribution is -0.113. The quantitative estimate of drug-likeness (QED) is 0.291. The Balaban J connectivity index is 1.61. The zero-order valence-corrected chi connectivity index (χ0v) is 20.8. The minimum absolute atomic E-state index is 0.111. The van der Waals surface area contributed by atoms with E-state index >= 15 is 0 Å². The van der Waals surface area contributed by atoms with Gasteiger partial charge in [-0.15, -0.1) is 10.2 Å². The second kappa shape index (κ2) is 10.8. The lowest BCUT2D eigenvalue weighted by Crippen LogP contribution is -2.14. The van der Waals surface area contributed by atoms with Crippen LogP contribution in [0.5, 0.6) is 5.75 Å². The van der Waals surface area contributed by atoms with Crippen molar-refractivity contribution in [1.82, 2.24) is 14.8 Å². The third-order valence-electron chi connectivity index (χ3n) is 4.96. The van der Waals surface area contributed by atoms with E-state index in [4.69, 9.17) is 16.3 Å². The molecule has 1 amide bonds. The number of ether oxygens (including phenoxy) is 1. The molecule has 6 nitrogen and oxygen atoms in total. The minimum Gasteiger partial charge on any atom is -0.494 e. The number of aromatic nitrogens is 3. The second-order valence-corrected chi connectivity index (χ2v) is 9.17. The Morgan fingerprint density at radius 1 is 1.03 bits per heavy atom. The van der Waals surface area contributed by atoms with E-state index < -0.39 is 0 Å². The number of rotatable bonds is 8. The van der Waals surface area contributed by atoms with Crippen molar-refractivity contribution in [3.8, 4) is 22.8 Å². The Kier molecular flexibility index (Phi) is 7.55. The van der Waals surface area contributed by atoms with Gasteiger partial charge in [0, 0.05) is 22.0 Å². The van der Waals surface area contributed by atoms with E-state index in [0.717, 1.165) is 33.8 Å². The lowest BCUT2D eigenvalue weighted by atomic mass is 10.1. The molecule has 34 heavy (non-hydrogen) atoms. The first kappa shape index (κ1) is 23.9. The van der Waals surface area contributed by atoms with Crippen LogP contribution in [0.3, 0.4) is 0 Å². The number of nitrogens with one attached hydrogen (secondary N) is 1. The van der Waals surface area contributed by atoms with Crippen LogP contribution < -0.4 is 10.1 Å². The molecular formula is C26H25ClN4O2S. The number of carbonyl (C=O) groups excluding carboxylic acids is 1. The van der Waals surface area contributed by atoms with Gasteiger partial charge in [0.2, 0.25) is 5.91 Å². The van der Waals surface area contributed by atoms with Crippen LogP contribution in [0.2, 0.25) is 5.02 Å². The molecule has 1 N–H and O–H groups in total. The molecular weight excluding hydrogens is 468 g/mol. The summed E-state index contributed by atoms with van der Waals surface area (Å²) in [6, 6.07) is 21.1. The van der Waals surface area contributed by atoms with E-state index in [-0.39, 0.29) is 11.7 Å². The summed E-state index contributed by atoms with van der Waals surface area (Å²) < 4.78 is 7.50. The van der Waals surface area contributed by atoms with Gasteiger partial charge in [0.1, 0.15) is 5.75 Å². The summed E-state index contributed by atoms with van der Waals surface area (Å²) >= 11 is 7.55. The molecule has 0 aliphatic heterocycles. The van der Waals surface area contributed by atoms with Crippen molar-refractivity contribution in [2.45, 2.75) is 25.9 Å². The summed E-state index contributed by atoms with van der Waals surface area (Å²) in [5, 5.41) is 13.0. The largest absolute Gasteiger partial charge is 0.494 e. The molecule has 3 aromatic carbocycles. The topological polar surface area (TPSA) is 69.0 Å². The molecule has 8 heteroatoms. The van der Waals surface area contributed by atoms with Crippen LogP contribution in [-0.2, 0) is 4.79 Å². The molecule has 0 saturated carbocycles. The summed E-state index contributed by atoms with van der Waals surface area (Å²) in [7, 11) is 0. The summed E-state index contributed by atoms with van der Waals surface area (Å²) in [5.41, 5.74) is 4.69. The van der Waals surface area contributed by atoms with Crippen LogP contribution in [0, 0.1) is 13.8 Å². The first-order valence-electron chi connectivity index (χ1n) is 10.9. The third-order valence-corrected chi connectivity index (χ3v) is 6.12. The van der Waals surface area contributed by atoms with Crippen molar-refractivity contribution in [3.63, 3.8) is 0 Å². The SMILES string of the molecule is CCOc1ccc(-n2c(SCC(=O)Nc3cc(C)cc(C)c3)nnc2-c2cccc(Cl)c2)cc1. The van der Waals surface area contributed by atoms with E-state index in [9.17, 15) is 4.79 Å². The van der Waals surface area contributed by atoms with E-state index in [1.54, 1.807) is 0 Å². The number of thioether (sulfide) groups is 1. The summed E-state index contributed by atoms with van der Waals surface area (Å²) in [4.78, 5) is 12.7. The summed E-state index contributed by atoms with van der Waals surface area (Å²) in [5.74, 6) is 1.51. The van der Waals surface area contributed by atoms with Crippen molar-refractivity contribution < 1.29 is 9.53 Å². The molecule has 0 atom stereocenters. The highest BCUT2D eigenvalue weighted by Crippen LogP contribution is 2.30. The fourth-order valence-corrected chi connectivity index (χ4v) is 4.59. The molecule has 4 aromatic rings. The van der Waals surface area contributed by atoms with Crippen LogP contribution in [0.25, 0.3) is 17.1 Å². The molecule has 0 aliphatic rings. The second-order valence-electron chi connectivity index (χ2n) is 7.79. The standard InChI is InChI=1S/C26H25ClN4O2S/c1-4-33-23-10-8-22(9-11-23)31-25(19-6-5-7-20(27)15-19)29-30-26(31)34-16-24(32)28-21-13-17(2)12-18(3)14-21/h5-15H,4,16H2,1-3H3,(H,28,32). The molecule has 1 aromatic heterocycles. The zero-order chi connectivity index (χ0) is 24.1. The van der Waals surface area contributed by atoms with Crippen molar-refractivity contribution in [2.24, 2.45) is 0 Å². The van der Waals surface area contributed by atoms with Crippen molar-refractivity contribution in [3.05, 3.63) is 82.9 Å². The number of halogens is 1. The minimum atomic E-state index is -0.111. The van der Waals surface area contributed by atoms with Gasteiger partial charge in [-0.05, 0) is 80.4 Å². The van der Waals surface area contributed by atoms with Gasteiger partial charge in [-0.2, -0.15) is 0 Å². The zero-order valence-electron chi connectivity index (χ0n) is 19.2. The maximum absolute atomic E-state index is 12.7. The van der Waals surface area contributed by atoms with E-state index in [2.05, 4.69) is 21.6 Å². The van der Waals surface area contributed by atoms with E-state index in [1.165, 1.54) is 11.8 Å². The van der Waals surface area contributed by atoms with Crippen LogP contribution in [-0.4, -0.2) is 33.0 Å². The number of hydrogen-bond donors (Lipinski definition) is 1. The van der Waals surface area contributed by atoms with Crippen molar-refractivity contribution >= 4 is 35.0 Å². The Morgan fingerprint density at radius 3 is 2.44 bits per heavy atom. The van der Waals surface area contributed by atoms with Crippen LogP contribution in [0.1, 0.15) is 18.1 Å². The Morgan fingerprint density at radius 2 is 1.76 bits per heavy atom. The first-order chi connectivity index (χ1) is 16.4. The number of benzene rings is 3. The van der Waals surface area contributed by atoms with Crippen LogP contribution >= 0.6 is 23.4 Å². The molecule has 0 fully saturated rings. The van der Waals surface area contributed by atoms with Gasteiger partial charge < -0.3 is 10.1 Å².